The van der Waals surface area contributed by atoms with Crippen molar-refractivity contribution in [2.24, 2.45) is 0 Å². The van der Waals surface area contributed by atoms with E-state index >= 15 is 0 Å². The molecule has 1 fully saturated rings. The van der Waals surface area contributed by atoms with E-state index in [0.717, 1.165) is 29.2 Å². The molecule has 0 aliphatic carbocycles. The molecule has 1 aliphatic rings. The van der Waals surface area contributed by atoms with Crippen molar-refractivity contribution in [3.8, 4) is 11.3 Å². The zero-order valence-corrected chi connectivity index (χ0v) is 14.9. The lowest BCUT2D eigenvalue weighted by atomic mass is 10.1. The number of halogens is 2. The second kappa shape index (κ2) is 7.67. The first kappa shape index (κ1) is 18.0. The summed E-state index contributed by atoms with van der Waals surface area (Å²) < 4.78 is 26.4. The van der Waals surface area contributed by atoms with E-state index in [1.807, 2.05) is 29.2 Å². The lowest BCUT2D eigenvalue weighted by Crippen LogP contribution is -2.49. The Hall–Kier alpha value is -3.42. The number of amides is 1. The van der Waals surface area contributed by atoms with Crippen molar-refractivity contribution in [2.75, 3.05) is 31.1 Å². The van der Waals surface area contributed by atoms with Crippen LogP contribution in [0.15, 0.2) is 54.9 Å². The van der Waals surface area contributed by atoms with Crippen molar-refractivity contribution in [1.82, 2.24) is 20.1 Å². The van der Waals surface area contributed by atoms with E-state index in [1.54, 1.807) is 17.3 Å². The first-order valence-electron chi connectivity index (χ1n) is 8.85. The van der Waals surface area contributed by atoms with E-state index in [2.05, 4.69) is 15.2 Å². The third-order valence-corrected chi connectivity index (χ3v) is 4.68. The Kier molecular flexibility index (Phi) is 4.92. The molecule has 28 heavy (non-hydrogen) atoms. The average Bonchev–Trinajstić information content (AvgIpc) is 2.76. The van der Waals surface area contributed by atoms with Gasteiger partial charge in [0.15, 0.2) is 17.5 Å². The van der Waals surface area contributed by atoms with Crippen LogP contribution in [-0.2, 0) is 0 Å². The third-order valence-electron chi connectivity index (χ3n) is 4.68. The topological polar surface area (TPSA) is 62.2 Å². The zero-order chi connectivity index (χ0) is 19.5. The van der Waals surface area contributed by atoms with E-state index in [4.69, 9.17) is 0 Å². The van der Waals surface area contributed by atoms with Crippen LogP contribution in [0, 0.1) is 11.6 Å². The third kappa shape index (κ3) is 3.66. The van der Waals surface area contributed by atoms with Gasteiger partial charge in [-0.2, -0.15) is 0 Å². The number of pyridine rings is 1. The molecule has 2 aromatic heterocycles. The van der Waals surface area contributed by atoms with E-state index in [1.165, 1.54) is 6.07 Å². The molecule has 142 valence electrons. The van der Waals surface area contributed by atoms with Gasteiger partial charge in [0.1, 0.15) is 0 Å². The van der Waals surface area contributed by atoms with Gasteiger partial charge in [-0.1, -0.05) is 0 Å². The summed E-state index contributed by atoms with van der Waals surface area (Å²) in [5.74, 6) is -1.56. The minimum atomic E-state index is -1.02. The van der Waals surface area contributed by atoms with Crippen molar-refractivity contribution in [2.45, 2.75) is 0 Å². The smallest absolute Gasteiger partial charge is 0.254 e. The van der Waals surface area contributed by atoms with Crippen LogP contribution in [0.1, 0.15) is 10.4 Å². The number of benzene rings is 1. The lowest BCUT2D eigenvalue weighted by molar-refractivity contribution is 0.0746. The van der Waals surface area contributed by atoms with E-state index in [-0.39, 0.29) is 11.5 Å². The fourth-order valence-corrected chi connectivity index (χ4v) is 3.12. The number of piperazine rings is 1. The van der Waals surface area contributed by atoms with Crippen LogP contribution in [0.2, 0.25) is 0 Å². The standard InChI is InChI=1S/C20H17F2N5O/c21-16-2-1-15(13-17(16)22)20(28)27-11-9-26(10-12-27)19-4-3-18(24-25-19)14-5-7-23-8-6-14/h1-8,13H,9-12H2. The molecule has 0 N–H and O–H groups in total. The summed E-state index contributed by atoms with van der Waals surface area (Å²) in [6.45, 7) is 2.09. The molecule has 3 aromatic rings. The number of hydrogen-bond donors (Lipinski definition) is 0. The highest BCUT2D eigenvalue weighted by atomic mass is 19.2. The Labute approximate surface area is 160 Å². The van der Waals surface area contributed by atoms with Gasteiger partial charge < -0.3 is 9.80 Å². The highest BCUT2D eigenvalue weighted by Gasteiger charge is 2.23. The van der Waals surface area contributed by atoms with Crippen LogP contribution >= 0.6 is 0 Å². The minimum absolute atomic E-state index is 0.147. The number of rotatable bonds is 3. The van der Waals surface area contributed by atoms with Crippen molar-refractivity contribution < 1.29 is 13.6 Å². The van der Waals surface area contributed by atoms with Crippen molar-refractivity contribution in [3.05, 3.63) is 72.1 Å². The van der Waals surface area contributed by atoms with Crippen LogP contribution in [-0.4, -0.2) is 52.2 Å². The molecule has 1 amide bonds. The van der Waals surface area contributed by atoms with E-state index in [0.29, 0.717) is 26.2 Å². The van der Waals surface area contributed by atoms with Crippen LogP contribution in [0.5, 0.6) is 0 Å². The summed E-state index contributed by atoms with van der Waals surface area (Å²) in [5, 5.41) is 8.56. The summed E-state index contributed by atoms with van der Waals surface area (Å²) in [6, 6.07) is 10.7. The average molecular weight is 381 g/mol. The molecule has 0 atom stereocenters. The Morgan fingerprint density at radius 1 is 0.857 bits per heavy atom. The highest BCUT2D eigenvalue weighted by molar-refractivity contribution is 5.94. The quantitative estimate of drug-likeness (QED) is 0.698. The van der Waals surface area contributed by atoms with E-state index in [9.17, 15) is 13.6 Å². The number of hydrogen-bond acceptors (Lipinski definition) is 5. The van der Waals surface area contributed by atoms with Gasteiger partial charge in [0.05, 0.1) is 5.69 Å². The fraction of sp³-hybridized carbons (Fsp3) is 0.200. The van der Waals surface area contributed by atoms with Gasteiger partial charge in [-0.25, -0.2) is 8.78 Å². The summed E-state index contributed by atoms with van der Waals surface area (Å²) in [7, 11) is 0. The van der Waals surface area contributed by atoms with Gasteiger partial charge in [-0.15, -0.1) is 10.2 Å². The second-order valence-electron chi connectivity index (χ2n) is 6.42. The maximum Gasteiger partial charge on any atom is 0.254 e. The molecular weight excluding hydrogens is 364 g/mol. The van der Waals surface area contributed by atoms with Crippen LogP contribution in [0.25, 0.3) is 11.3 Å². The predicted octanol–water partition coefficient (Wildman–Crippen LogP) is 2.78. The molecule has 3 heterocycles. The molecule has 1 aromatic carbocycles. The SMILES string of the molecule is O=C(c1ccc(F)c(F)c1)N1CCN(c2ccc(-c3ccncc3)nn2)CC1. The Bertz CT molecular complexity index is 974. The second-order valence-corrected chi connectivity index (χ2v) is 6.42. The molecular formula is C20H17F2N5O. The molecule has 0 bridgehead atoms. The Balaban J connectivity index is 1.40. The molecule has 0 spiro atoms. The number of carbonyl (C=O) groups is 1. The van der Waals surface area contributed by atoms with E-state index < -0.39 is 11.6 Å². The maximum atomic E-state index is 13.4. The first-order valence-corrected chi connectivity index (χ1v) is 8.85. The van der Waals surface area contributed by atoms with Crippen LogP contribution < -0.4 is 4.90 Å². The molecule has 8 heteroatoms. The minimum Gasteiger partial charge on any atom is -0.352 e. The Morgan fingerprint density at radius 3 is 2.25 bits per heavy atom. The molecule has 1 aliphatic heterocycles. The number of nitrogens with zero attached hydrogens (tertiary/aromatic N) is 5. The summed E-state index contributed by atoms with van der Waals surface area (Å²) >= 11 is 0. The van der Waals surface area contributed by atoms with Gasteiger partial charge in [0.2, 0.25) is 0 Å². The first-order chi connectivity index (χ1) is 13.6. The van der Waals surface area contributed by atoms with Gasteiger partial charge in [0, 0.05) is 49.7 Å². The summed E-state index contributed by atoms with van der Waals surface area (Å²) in [6.07, 6.45) is 3.41. The van der Waals surface area contributed by atoms with Crippen molar-refractivity contribution >= 4 is 11.7 Å². The normalized spacial score (nSPS) is 14.2. The molecule has 6 nitrogen and oxygen atoms in total. The number of aromatic nitrogens is 3. The zero-order valence-electron chi connectivity index (χ0n) is 14.9. The molecule has 1 saturated heterocycles. The summed E-state index contributed by atoms with van der Waals surface area (Å²) in [4.78, 5) is 20.1. The summed E-state index contributed by atoms with van der Waals surface area (Å²) in [5.41, 5.74) is 1.85. The largest absolute Gasteiger partial charge is 0.352 e. The molecule has 0 radical (unpaired) electrons. The Morgan fingerprint density at radius 2 is 1.61 bits per heavy atom. The molecule has 0 saturated carbocycles. The monoisotopic (exact) mass is 381 g/mol. The van der Waals surface area contributed by atoms with Gasteiger partial charge in [0.25, 0.3) is 5.91 Å². The van der Waals surface area contributed by atoms with Crippen molar-refractivity contribution in [3.63, 3.8) is 0 Å². The predicted molar refractivity (Wildman–Crippen MR) is 99.7 cm³/mol. The number of carbonyl (C=O) groups excluding carboxylic acids is 1. The van der Waals surface area contributed by atoms with Crippen LogP contribution in [0.3, 0.4) is 0 Å². The highest BCUT2D eigenvalue weighted by Crippen LogP contribution is 2.19. The van der Waals surface area contributed by atoms with Gasteiger partial charge in [-0.05, 0) is 42.5 Å². The lowest BCUT2D eigenvalue weighted by Gasteiger charge is -2.35. The van der Waals surface area contributed by atoms with Gasteiger partial charge >= 0.3 is 0 Å². The van der Waals surface area contributed by atoms with Gasteiger partial charge in [-0.3, -0.25) is 9.78 Å². The van der Waals surface area contributed by atoms with Crippen LogP contribution in [0.4, 0.5) is 14.6 Å². The van der Waals surface area contributed by atoms with Crippen molar-refractivity contribution in [1.29, 1.82) is 0 Å². The molecule has 4 rings (SSSR count). The fourth-order valence-electron chi connectivity index (χ4n) is 3.12. The number of anilines is 1. The molecule has 0 unspecified atom stereocenters. The maximum absolute atomic E-state index is 13.4.